The van der Waals surface area contributed by atoms with Crippen molar-refractivity contribution in [1.29, 1.82) is 0 Å². The van der Waals surface area contributed by atoms with Gasteiger partial charge in [0, 0.05) is 4.47 Å². The van der Waals surface area contributed by atoms with E-state index in [1.165, 1.54) is 0 Å². The molecule has 0 aliphatic rings. The van der Waals surface area contributed by atoms with Crippen LogP contribution in [0.1, 0.15) is 5.56 Å². The molecular formula is C15H13BrN2OS. The third-order valence-electron chi connectivity index (χ3n) is 3.30. The fourth-order valence-corrected chi connectivity index (χ4v) is 3.16. The fraction of sp³-hybridized carbons (Fsp3) is 0.133. The lowest BCUT2D eigenvalue weighted by Gasteiger charge is -2.09. The molecule has 0 aliphatic carbocycles. The molecule has 0 saturated heterocycles. The smallest absolute Gasteiger partial charge is 0.182 e. The number of H-pyrrole nitrogens is 1. The summed E-state index contributed by atoms with van der Waals surface area (Å²) in [6.07, 6.45) is 0. The minimum Gasteiger partial charge on any atom is -0.494 e. The summed E-state index contributed by atoms with van der Waals surface area (Å²) in [6.45, 7) is 2.07. The summed E-state index contributed by atoms with van der Waals surface area (Å²) in [5, 5.41) is 0. The molecule has 0 bridgehead atoms. The molecular weight excluding hydrogens is 336 g/mol. The Morgan fingerprint density at radius 1 is 1.25 bits per heavy atom. The average molecular weight is 349 g/mol. The highest BCUT2D eigenvalue weighted by molar-refractivity contribution is 9.10. The van der Waals surface area contributed by atoms with Gasteiger partial charge in [0.15, 0.2) is 4.77 Å². The van der Waals surface area contributed by atoms with Crippen LogP contribution in [0.2, 0.25) is 0 Å². The molecule has 2 aromatic carbocycles. The lowest BCUT2D eigenvalue weighted by molar-refractivity contribution is 0.419. The summed E-state index contributed by atoms with van der Waals surface area (Å²) in [4.78, 5) is 3.23. The number of fused-ring (bicyclic) bond motifs is 1. The molecule has 0 unspecified atom stereocenters. The Morgan fingerprint density at radius 3 is 2.75 bits per heavy atom. The highest BCUT2D eigenvalue weighted by Crippen LogP contribution is 2.29. The number of ether oxygens (including phenoxy) is 1. The van der Waals surface area contributed by atoms with Crippen molar-refractivity contribution in [2.24, 2.45) is 0 Å². The molecule has 1 N–H and O–H groups in total. The number of aromatic nitrogens is 2. The van der Waals surface area contributed by atoms with Crippen LogP contribution in [0.5, 0.6) is 5.75 Å². The van der Waals surface area contributed by atoms with Gasteiger partial charge in [-0.1, -0.05) is 22.0 Å². The summed E-state index contributed by atoms with van der Waals surface area (Å²) >= 11 is 8.96. The maximum atomic E-state index is 5.48. The number of hydrogen-bond donors (Lipinski definition) is 1. The van der Waals surface area contributed by atoms with Gasteiger partial charge in [0.2, 0.25) is 0 Å². The van der Waals surface area contributed by atoms with Crippen LogP contribution < -0.4 is 4.74 Å². The van der Waals surface area contributed by atoms with E-state index in [0.29, 0.717) is 4.77 Å². The zero-order valence-corrected chi connectivity index (χ0v) is 13.5. The van der Waals surface area contributed by atoms with Gasteiger partial charge in [-0.3, -0.25) is 4.57 Å². The standard InChI is InChI=1S/C15H13BrN2OS/c1-9-8-10(16)6-7-11(9)18-12-4-3-5-13(19-2)14(12)17-15(18)20/h3-8H,1-2H3,(H,17,20). The number of nitrogens with one attached hydrogen (secondary N) is 1. The van der Waals surface area contributed by atoms with Crippen LogP contribution >= 0.6 is 28.1 Å². The van der Waals surface area contributed by atoms with Gasteiger partial charge in [0.1, 0.15) is 11.3 Å². The van der Waals surface area contributed by atoms with Crippen LogP contribution in [0.3, 0.4) is 0 Å². The summed E-state index contributed by atoms with van der Waals surface area (Å²) in [7, 11) is 1.66. The first-order chi connectivity index (χ1) is 9.61. The highest BCUT2D eigenvalue weighted by Gasteiger charge is 2.11. The fourth-order valence-electron chi connectivity index (χ4n) is 2.38. The lowest BCUT2D eigenvalue weighted by Crippen LogP contribution is -1.97. The third kappa shape index (κ3) is 2.07. The Morgan fingerprint density at radius 2 is 2.05 bits per heavy atom. The third-order valence-corrected chi connectivity index (χ3v) is 4.08. The predicted octanol–water partition coefficient (Wildman–Crippen LogP) is 4.77. The van der Waals surface area contributed by atoms with E-state index in [9.17, 15) is 0 Å². The quantitative estimate of drug-likeness (QED) is 0.676. The van der Waals surface area contributed by atoms with Crippen molar-refractivity contribution in [2.45, 2.75) is 6.92 Å². The molecule has 0 saturated carbocycles. The van der Waals surface area contributed by atoms with E-state index in [1.807, 2.05) is 28.8 Å². The van der Waals surface area contributed by atoms with Crippen molar-refractivity contribution in [3.63, 3.8) is 0 Å². The zero-order chi connectivity index (χ0) is 14.3. The molecule has 3 nitrogen and oxygen atoms in total. The Kier molecular flexibility index (Phi) is 3.40. The molecule has 0 aliphatic heterocycles. The van der Waals surface area contributed by atoms with E-state index in [2.05, 4.69) is 40.0 Å². The number of aryl methyl sites for hydroxylation is 1. The number of rotatable bonds is 2. The van der Waals surface area contributed by atoms with E-state index >= 15 is 0 Å². The normalized spacial score (nSPS) is 10.9. The number of halogens is 1. The van der Waals surface area contributed by atoms with Gasteiger partial charge in [-0.25, -0.2) is 0 Å². The van der Waals surface area contributed by atoms with Crippen LogP contribution in [0.15, 0.2) is 40.9 Å². The molecule has 5 heteroatoms. The zero-order valence-electron chi connectivity index (χ0n) is 11.1. The molecule has 1 heterocycles. The van der Waals surface area contributed by atoms with E-state index in [-0.39, 0.29) is 0 Å². The first-order valence-corrected chi connectivity index (χ1v) is 7.36. The van der Waals surface area contributed by atoms with Gasteiger partial charge < -0.3 is 9.72 Å². The molecule has 3 aromatic rings. The lowest BCUT2D eigenvalue weighted by atomic mass is 10.2. The monoisotopic (exact) mass is 348 g/mol. The number of benzene rings is 2. The van der Waals surface area contributed by atoms with Crippen LogP contribution in [0.25, 0.3) is 16.7 Å². The van der Waals surface area contributed by atoms with Gasteiger partial charge in [-0.05, 0) is 55.0 Å². The maximum absolute atomic E-state index is 5.48. The number of hydrogen-bond acceptors (Lipinski definition) is 2. The molecule has 1 aromatic heterocycles. The number of imidazole rings is 1. The summed E-state index contributed by atoms with van der Waals surface area (Å²) in [5.41, 5.74) is 4.15. The Labute approximate surface area is 130 Å². The van der Waals surface area contributed by atoms with Crippen LogP contribution in [-0.4, -0.2) is 16.7 Å². The molecule has 3 rings (SSSR count). The number of methoxy groups -OCH3 is 1. The SMILES string of the molecule is COc1cccc2c1[nH]c(=S)n2-c1ccc(Br)cc1C. The van der Waals surface area contributed by atoms with Crippen molar-refractivity contribution in [1.82, 2.24) is 9.55 Å². The van der Waals surface area contributed by atoms with E-state index in [0.717, 1.165) is 32.5 Å². The second-order valence-electron chi connectivity index (χ2n) is 4.55. The maximum Gasteiger partial charge on any atom is 0.182 e. The average Bonchev–Trinajstić information content (AvgIpc) is 2.75. The van der Waals surface area contributed by atoms with Crippen molar-refractivity contribution in [2.75, 3.05) is 7.11 Å². The molecule has 0 atom stereocenters. The Hall–Kier alpha value is -1.59. The van der Waals surface area contributed by atoms with Gasteiger partial charge in [-0.15, -0.1) is 0 Å². The molecule has 0 spiro atoms. The van der Waals surface area contributed by atoms with Gasteiger partial charge in [0.05, 0.1) is 18.3 Å². The van der Waals surface area contributed by atoms with Crippen LogP contribution in [-0.2, 0) is 0 Å². The molecule has 102 valence electrons. The number of para-hydroxylation sites is 1. The van der Waals surface area contributed by atoms with Crippen LogP contribution in [0.4, 0.5) is 0 Å². The van der Waals surface area contributed by atoms with Crippen LogP contribution in [0, 0.1) is 11.7 Å². The van der Waals surface area contributed by atoms with E-state index < -0.39 is 0 Å². The topological polar surface area (TPSA) is 29.9 Å². The molecule has 0 fully saturated rings. The van der Waals surface area contributed by atoms with Crippen molar-refractivity contribution in [3.8, 4) is 11.4 Å². The minimum absolute atomic E-state index is 0.662. The van der Waals surface area contributed by atoms with E-state index in [1.54, 1.807) is 7.11 Å². The second kappa shape index (κ2) is 5.07. The first kappa shape index (κ1) is 13.4. The highest BCUT2D eigenvalue weighted by atomic mass is 79.9. The summed E-state index contributed by atoms with van der Waals surface area (Å²) in [5.74, 6) is 0.794. The summed E-state index contributed by atoms with van der Waals surface area (Å²) in [6, 6.07) is 12.1. The minimum atomic E-state index is 0.662. The summed E-state index contributed by atoms with van der Waals surface area (Å²) < 4.78 is 9.14. The van der Waals surface area contributed by atoms with Crippen molar-refractivity contribution in [3.05, 3.63) is 51.2 Å². The second-order valence-corrected chi connectivity index (χ2v) is 5.85. The van der Waals surface area contributed by atoms with Gasteiger partial charge in [-0.2, -0.15) is 0 Å². The number of aromatic amines is 1. The van der Waals surface area contributed by atoms with Gasteiger partial charge in [0.25, 0.3) is 0 Å². The van der Waals surface area contributed by atoms with E-state index in [4.69, 9.17) is 17.0 Å². The molecule has 20 heavy (non-hydrogen) atoms. The van der Waals surface area contributed by atoms with Gasteiger partial charge >= 0.3 is 0 Å². The Bertz CT molecular complexity index is 851. The molecule has 0 radical (unpaired) electrons. The van der Waals surface area contributed by atoms with Crippen molar-refractivity contribution < 1.29 is 4.74 Å². The predicted molar refractivity (Wildman–Crippen MR) is 87.4 cm³/mol. The largest absolute Gasteiger partial charge is 0.494 e. The first-order valence-electron chi connectivity index (χ1n) is 6.16. The number of nitrogens with zero attached hydrogens (tertiary/aromatic N) is 1. The Balaban J connectivity index is 2.37. The molecule has 0 amide bonds. The van der Waals surface area contributed by atoms with Crippen molar-refractivity contribution >= 4 is 39.2 Å².